The molecule has 2 aromatic rings. The van der Waals surface area contributed by atoms with Gasteiger partial charge in [-0.2, -0.15) is 10.2 Å². The van der Waals surface area contributed by atoms with Crippen LogP contribution < -0.4 is 10.5 Å². The van der Waals surface area contributed by atoms with Crippen molar-refractivity contribution in [3.8, 4) is 0 Å². The number of H-pyrrole nitrogens is 1. The molecular weight excluding hydrogens is 256 g/mol. The van der Waals surface area contributed by atoms with Gasteiger partial charge < -0.3 is 5.73 Å². The molecule has 0 unspecified atom stereocenters. The minimum atomic E-state index is -3.73. The molecule has 98 valence electrons. The summed E-state index contributed by atoms with van der Waals surface area (Å²) >= 11 is 0. The molecule has 18 heavy (non-hydrogen) atoms. The van der Waals surface area contributed by atoms with E-state index in [0.717, 1.165) is 0 Å². The molecule has 0 aliphatic rings. The summed E-state index contributed by atoms with van der Waals surface area (Å²) in [4.78, 5) is 0.152. The maximum Gasteiger partial charge on any atom is 0.266 e. The number of nitrogens with zero attached hydrogens (tertiary/aromatic N) is 3. The number of nitrogens with two attached hydrogens (primary N) is 1. The summed E-state index contributed by atoms with van der Waals surface area (Å²) in [6, 6.07) is 0. The molecule has 0 radical (unpaired) electrons. The van der Waals surface area contributed by atoms with Gasteiger partial charge in [-0.25, -0.2) is 8.42 Å². The standard InChI is InChI=1S/C9H14N6O2S/c1-5-8(6(2)15(3)13-5)18(16,17)14-9-7(10)4-11-12-9/h4H,10H2,1-3H3,(H2,11,12,14). The second-order valence-corrected chi connectivity index (χ2v) is 5.55. The number of hydrogen-bond acceptors (Lipinski definition) is 5. The third kappa shape index (κ3) is 1.92. The first-order valence-corrected chi connectivity index (χ1v) is 6.63. The lowest BCUT2D eigenvalue weighted by Crippen LogP contribution is -2.16. The number of hydrogen-bond donors (Lipinski definition) is 3. The van der Waals surface area contributed by atoms with E-state index < -0.39 is 10.0 Å². The van der Waals surface area contributed by atoms with E-state index in [2.05, 4.69) is 20.0 Å². The molecule has 0 saturated carbocycles. The monoisotopic (exact) mass is 270 g/mol. The lowest BCUT2D eigenvalue weighted by molar-refractivity contribution is 0.599. The van der Waals surface area contributed by atoms with E-state index in [0.29, 0.717) is 11.4 Å². The summed E-state index contributed by atoms with van der Waals surface area (Å²) in [7, 11) is -2.04. The highest BCUT2D eigenvalue weighted by molar-refractivity contribution is 7.92. The molecular formula is C9H14N6O2S. The molecule has 2 rings (SSSR count). The molecule has 0 saturated heterocycles. The van der Waals surface area contributed by atoms with Gasteiger partial charge in [0, 0.05) is 7.05 Å². The Kier molecular flexibility index (Phi) is 2.77. The number of rotatable bonds is 3. The van der Waals surface area contributed by atoms with Crippen molar-refractivity contribution in [3.63, 3.8) is 0 Å². The van der Waals surface area contributed by atoms with E-state index >= 15 is 0 Å². The minimum Gasteiger partial charge on any atom is -0.394 e. The Balaban J connectivity index is 2.46. The highest BCUT2D eigenvalue weighted by atomic mass is 32.2. The van der Waals surface area contributed by atoms with Gasteiger partial charge in [0.05, 0.1) is 23.3 Å². The molecule has 0 fully saturated rings. The molecule has 0 amide bonds. The van der Waals surface area contributed by atoms with Crippen LogP contribution in [-0.4, -0.2) is 28.4 Å². The smallest absolute Gasteiger partial charge is 0.266 e. The van der Waals surface area contributed by atoms with Crippen molar-refractivity contribution in [2.75, 3.05) is 10.5 Å². The molecule has 0 bridgehead atoms. The van der Waals surface area contributed by atoms with Crippen molar-refractivity contribution in [1.29, 1.82) is 0 Å². The van der Waals surface area contributed by atoms with Gasteiger partial charge in [-0.15, -0.1) is 0 Å². The molecule has 0 atom stereocenters. The van der Waals surface area contributed by atoms with Gasteiger partial charge in [0.1, 0.15) is 4.90 Å². The zero-order chi connectivity index (χ0) is 13.5. The van der Waals surface area contributed by atoms with E-state index in [1.54, 1.807) is 20.9 Å². The fourth-order valence-electron chi connectivity index (χ4n) is 1.71. The molecule has 8 nitrogen and oxygen atoms in total. The molecule has 0 aliphatic heterocycles. The summed E-state index contributed by atoms with van der Waals surface area (Å²) in [6.07, 6.45) is 1.33. The predicted molar refractivity (Wildman–Crippen MR) is 66.5 cm³/mol. The van der Waals surface area contributed by atoms with Gasteiger partial charge in [0.2, 0.25) is 0 Å². The van der Waals surface area contributed by atoms with Crippen LogP contribution in [0.25, 0.3) is 0 Å². The highest BCUT2D eigenvalue weighted by Gasteiger charge is 2.24. The normalized spacial score (nSPS) is 11.7. The van der Waals surface area contributed by atoms with Crippen molar-refractivity contribution in [2.24, 2.45) is 7.05 Å². The lowest BCUT2D eigenvalue weighted by atomic mass is 10.4. The largest absolute Gasteiger partial charge is 0.394 e. The molecule has 2 aromatic heterocycles. The summed E-state index contributed by atoms with van der Waals surface area (Å²) < 4.78 is 28.3. The van der Waals surface area contributed by atoms with Gasteiger partial charge in [-0.3, -0.25) is 14.5 Å². The van der Waals surface area contributed by atoms with Crippen molar-refractivity contribution < 1.29 is 8.42 Å². The van der Waals surface area contributed by atoms with E-state index in [1.165, 1.54) is 10.9 Å². The number of nitrogen functional groups attached to an aromatic ring is 1. The summed E-state index contributed by atoms with van der Waals surface area (Å²) in [5, 5.41) is 10.2. The summed E-state index contributed by atoms with van der Waals surface area (Å²) in [5.41, 5.74) is 6.78. The molecule has 0 aromatic carbocycles. The van der Waals surface area contributed by atoms with E-state index in [1.807, 2.05) is 0 Å². The number of nitrogens with one attached hydrogen (secondary N) is 2. The van der Waals surface area contributed by atoms with Crippen LogP contribution >= 0.6 is 0 Å². The SMILES string of the molecule is Cc1nn(C)c(C)c1S(=O)(=O)Nc1[nH]ncc1N. The Morgan fingerprint density at radius 1 is 1.44 bits per heavy atom. The number of aromatic nitrogens is 4. The molecule has 4 N–H and O–H groups in total. The number of sulfonamides is 1. The fraction of sp³-hybridized carbons (Fsp3) is 0.333. The Hall–Kier alpha value is -2.03. The minimum absolute atomic E-state index is 0.151. The van der Waals surface area contributed by atoms with Crippen LogP contribution in [0.3, 0.4) is 0 Å². The summed E-state index contributed by atoms with van der Waals surface area (Å²) in [5.74, 6) is 0.151. The number of aryl methyl sites for hydroxylation is 2. The van der Waals surface area contributed by atoms with Gasteiger partial charge in [0.15, 0.2) is 5.82 Å². The lowest BCUT2D eigenvalue weighted by Gasteiger charge is -2.07. The van der Waals surface area contributed by atoms with Crippen LogP contribution in [0.2, 0.25) is 0 Å². The number of anilines is 2. The Bertz CT molecular complexity index is 684. The third-order valence-corrected chi connectivity index (χ3v) is 4.22. The quantitative estimate of drug-likeness (QED) is 0.733. The van der Waals surface area contributed by atoms with Crippen molar-refractivity contribution in [2.45, 2.75) is 18.7 Å². The molecule has 9 heteroatoms. The Labute approximate surface area is 104 Å². The first-order valence-electron chi connectivity index (χ1n) is 5.15. The van der Waals surface area contributed by atoms with Crippen molar-refractivity contribution >= 4 is 21.5 Å². The molecule has 2 heterocycles. The Morgan fingerprint density at radius 2 is 2.11 bits per heavy atom. The van der Waals surface area contributed by atoms with E-state index in [4.69, 9.17) is 5.73 Å². The van der Waals surface area contributed by atoms with Gasteiger partial charge in [0.25, 0.3) is 10.0 Å². The second-order valence-electron chi connectivity index (χ2n) is 3.93. The summed E-state index contributed by atoms with van der Waals surface area (Å²) in [6.45, 7) is 3.32. The fourth-order valence-corrected chi connectivity index (χ4v) is 3.19. The average Bonchev–Trinajstić information content (AvgIpc) is 2.73. The van der Waals surface area contributed by atoms with E-state index in [9.17, 15) is 8.42 Å². The van der Waals surface area contributed by atoms with Gasteiger partial charge >= 0.3 is 0 Å². The average molecular weight is 270 g/mol. The van der Waals surface area contributed by atoms with Gasteiger partial charge in [-0.1, -0.05) is 0 Å². The predicted octanol–water partition coefficient (Wildman–Crippen LogP) is 0.143. The third-order valence-electron chi connectivity index (χ3n) is 2.62. The second kappa shape index (κ2) is 4.02. The van der Waals surface area contributed by atoms with Crippen molar-refractivity contribution in [3.05, 3.63) is 17.6 Å². The topological polar surface area (TPSA) is 119 Å². The zero-order valence-electron chi connectivity index (χ0n) is 10.2. The Morgan fingerprint density at radius 3 is 2.56 bits per heavy atom. The zero-order valence-corrected chi connectivity index (χ0v) is 11.0. The van der Waals surface area contributed by atoms with Crippen LogP contribution in [0.4, 0.5) is 11.5 Å². The molecule has 0 spiro atoms. The van der Waals surface area contributed by atoms with Crippen LogP contribution in [-0.2, 0) is 17.1 Å². The van der Waals surface area contributed by atoms with Crippen LogP contribution in [0.5, 0.6) is 0 Å². The molecule has 0 aliphatic carbocycles. The maximum absolute atomic E-state index is 12.2. The van der Waals surface area contributed by atoms with Crippen LogP contribution in [0.1, 0.15) is 11.4 Å². The first kappa shape index (κ1) is 12.4. The van der Waals surface area contributed by atoms with Crippen molar-refractivity contribution in [1.82, 2.24) is 20.0 Å². The van der Waals surface area contributed by atoms with E-state index in [-0.39, 0.29) is 16.4 Å². The van der Waals surface area contributed by atoms with Crippen LogP contribution in [0.15, 0.2) is 11.1 Å². The first-order chi connectivity index (χ1) is 8.33. The maximum atomic E-state index is 12.2. The highest BCUT2D eigenvalue weighted by Crippen LogP contribution is 2.23. The number of aromatic amines is 1. The van der Waals surface area contributed by atoms with Gasteiger partial charge in [-0.05, 0) is 13.8 Å². The van der Waals surface area contributed by atoms with Crippen LogP contribution in [0, 0.1) is 13.8 Å².